The summed E-state index contributed by atoms with van der Waals surface area (Å²) in [4.78, 5) is 30.8. The smallest absolute Gasteiger partial charge is 0.281 e. The Hall–Kier alpha value is -3.89. The number of halogens is 1. The third-order valence-corrected chi connectivity index (χ3v) is 5.33. The Balaban J connectivity index is 0.000000180. The van der Waals surface area contributed by atoms with Gasteiger partial charge in [-0.3, -0.25) is 9.36 Å². The van der Waals surface area contributed by atoms with E-state index in [-0.39, 0.29) is 29.7 Å². The highest BCUT2D eigenvalue weighted by Gasteiger charge is 2.24. The van der Waals surface area contributed by atoms with Crippen LogP contribution in [0.4, 0.5) is 11.5 Å². The minimum atomic E-state index is -0.328. The summed E-state index contributed by atoms with van der Waals surface area (Å²) in [5.74, 6) is 1.63. The molecule has 0 saturated heterocycles. The molecular weight excluding hydrogens is 460 g/mol. The van der Waals surface area contributed by atoms with Gasteiger partial charge in [0.05, 0.1) is 19.1 Å². The number of aldehydes is 1. The van der Waals surface area contributed by atoms with Crippen LogP contribution < -0.4 is 26.7 Å². The molecule has 1 aromatic carbocycles. The SMILES string of the molecule is CNCc1cc2cnc(N)cc2o1.O=CCn1cnc2c(c1=O)N[C@H](c1ccc(Cl)cc1)CO2. The van der Waals surface area contributed by atoms with Crippen LogP contribution in [0.1, 0.15) is 17.4 Å². The number of carbonyl (C=O) groups excluding carboxylic acids is 1. The maximum Gasteiger partial charge on any atom is 0.281 e. The van der Waals surface area contributed by atoms with Crippen LogP contribution in [0.3, 0.4) is 0 Å². The molecule has 0 amide bonds. The van der Waals surface area contributed by atoms with Crippen LogP contribution in [-0.4, -0.2) is 34.5 Å². The van der Waals surface area contributed by atoms with E-state index in [1.807, 2.05) is 25.2 Å². The van der Waals surface area contributed by atoms with E-state index >= 15 is 0 Å². The topological polar surface area (TPSA) is 137 Å². The number of ether oxygens (including phenoxy) is 1. The lowest BCUT2D eigenvalue weighted by Crippen LogP contribution is -2.32. The van der Waals surface area contributed by atoms with Crippen LogP contribution in [0.2, 0.25) is 5.02 Å². The van der Waals surface area contributed by atoms with Gasteiger partial charge in [0.25, 0.3) is 5.56 Å². The molecule has 5 rings (SSSR count). The van der Waals surface area contributed by atoms with Crippen LogP contribution in [0.25, 0.3) is 11.0 Å². The van der Waals surface area contributed by atoms with Crippen molar-refractivity contribution in [1.29, 1.82) is 0 Å². The molecule has 0 radical (unpaired) electrons. The van der Waals surface area contributed by atoms with E-state index in [0.29, 0.717) is 30.3 Å². The molecule has 0 unspecified atom stereocenters. The number of anilines is 2. The second-order valence-electron chi connectivity index (χ2n) is 7.50. The van der Waals surface area contributed by atoms with Crippen molar-refractivity contribution in [3.63, 3.8) is 0 Å². The number of fused-ring (bicyclic) bond motifs is 2. The number of nitrogens with one attached hydrogen (secondary N) is 2. The predicted octanol–water partition coefficient (Wildman–Crippen LogP) is 2.77. The first-order chi connectivity index (χ1) is 16.5. The number of hydrogen-bond acceptors (Lipinski definition) is 9. The molecule has 4 N–H and O–H groups in total. The monoisotopic (exact) mass is 482 g/mol. The number of carbonyl (C=O) groups is 1. The van der Waals surface area contributed by atoms with Gasteiger partial charge in [-0.05, 0) is 30.8 Å². The van der Waals surface area contributed by atoms with Gasteiger partial charge < -0.3 is 30.3 Å². The molecule has 10 nitrogen and oxygen atoms in total. The van der Waals surface area contributed by atoms with Gasteiger partial charge in [-0.1, -0.05) is 23.7 Å². The molecule has 0 saturated carbocycles. The summed E-state index contributed by atoms with van der Waals surface area (Å²) in [6.07, 6.45) is 3.67. The molecule has 3 aromatic heterocycles. The number of nitrogen functional groups attached to an aromatic ring is 1. The van der Waals surface area contributed by atoms with E-state index < -0.39 is 0 Å². The zero-order valence-corrected chi connectivity index (χ0v) is 19.1. The second-order valence-corrected chi connectivity index (χ2v) is 7.93. The molecule has 11 heteroatoms. The third kappa shape index (κ3) is 5.19. The number of pyridine rings is 1. The van der Waals surface area contributed by atoms with Gasteiger partial charge in [-0.2, -0.15) is 0 Å². The molecule has 0 aliphatic carbocycles. The van der Waals surface area contributed by atoms with Crippen molar-refractivity contribution < 1.29 is 13.9 Å². The molecule has 0 spiro atoms. The number of rotatable bonds is 5. The van der Waals surface area contributed by atoms with E-state index in [1.54, 1.807) is 24.4 Å². The average Bonchev–Trinajstić information content (AvgIpc) is 3.23. The van der Waals surface area contributed by atoms with E-state index in [0.717, 1.165) is 22.3 Å². The standard InChI is InChI=1S/C14H12ClN3O3.C9H11N3O/c15-10-3-1-9(2-4-10)11-7-21-13-12(17-11)14(20)18(5-6-19)8-16-13;1-11-5-7-2-6-4-12-9(10)3-8(6)13-7/h1-4,6,8,11,17H,5,7H2;2-4,11H,5H2,1H3,(H2,10,12)/t11-;/m0./s1. The van der Waals surface area contributed by atoms with Crippen LogP contribution in [0.5, 0.6) is 5.88 Å². The fourth-order valence-electron chi connectivity index (χ4n) is 3.44. The van der Waals surface area contributed by atoms with Gasteiger partial charge in [0.1, 0.15) is 36.4 Å². The number of hydrogen-bond donors (Lipinski definition) is 3. The summed E-state index contributed by atoms with van der Waals surface area (Å²) in [6.45, 7) is 1.04. The van der Waals surface area contributed by atoms with Crippen molar-refractivity contribution in [2.45, 2.75) is 19.1 Å². The van der Waals surface area contributed by atoms with Gasteiger partial charge in [0, 0.05) is 22.7 Å². The van der Waals surface area contributed by atoms with Crippen LogP contribution in [0.15, 0.2) is 58.1 Å². The normalized spacial score (nSPS) is 14.4. The third-order valence-electron chi connectivity index (χ3n) is 5.08. The first-order valence-electron chi connectivity index (χ1n) is 10.4. The van der Waals surface area contributed by atoms with Crippen LogP contribution in [0, 0.1) is 0 Å². The van der Waals surface area contributed by atoms with Crippen molar-refractivity contribution in [2.75, 3.05) is 24.7 Å². The molecule has 0 fully saturated rings. The van der Waals surface area contributed by atoms with Crippen molar-refractivity contribution in [3.05, 3.63) is 75.6 Å². The Morgan fingerprint density at radius 2 is 2.09 bits per heavy atom. The Morgan fingerprint density at radius 1 is 1.29 bits per heavy atom. The highest BCUT2D eigenvalue weighted by Crippen LogP contribution is 2.29. The first kappa shape index (κ1) is 23.3. The van der Waals surface area contributed by atoms with Crippen molar-refractivity contribution in [3.8, 4) is 5.88 Å². The van der Waals surface area contributed by atoms with Crippen LogP contribution >= 0.6 is 11.6 Å². The van der Waals surface area contributed by atoms with Gasteiger partial charge in [-0.25, -0.2) is 9.97 Å². The lowest BCUT2D eigenvalue weighted by Gasteiger charge is -2.26. The number of benzene rings is 1. The van der Waals surface area contributed by atoms with E-state index in [2.05, 4.69) is 20.6 Å². The van der Waals surface area contributed by atoms with Crippen molar-refractivity contribution >= 4 is 40.4 Å². The molecular formula is C23H23ClN6O4. The highest BCUT2D eigenvalue weighted by atomic mass is 35.5. The van der Waals surface area contributed by atoms with Gasteiger partial charge in [0.2, 0.25) is 5.88 Å². The highest BCUT2D eigenvalue weighted by molar-refractivity contribution is 6.30. The maximum absolute atomic E-state index is 12.2. The van der Waals surface area contributed by atoms with Gasteiger partial charge in [0.15, 0.2) is 5.69 Å². The molecule has 1 aliphatic rings. The lowest BCUT2D eigenvalue weighted by molar-refractivity contribution is -0.108. The fourth-order valence-corrected chi connectivity index (χ4v) is 3.56. The maximum atomic E-state index is 12.2. The van der Waals surface area contributed by atoms with E-state index in [4.69, 9.17) is 26.5 Å². The predicted molar refractivity (Wildman–Crippen MR) is 129 cm³/mol. The van der Waals surface area contributed by atoms with Gasteiger partial charge in [-0.15, -0.1) is 0 Å². The largest absolute Gasteiger partial charge is 0.473 e. The number of aromatic nitrogens is 3. The van der Waals surface area contributed by atoms with Crippen LogP contribution in [-0.2, 0) is 17.9 Å². The van der Waals surface area contributed by atoms with E-state index in [1.165, 1.54) is 10.9 Å². The summed E-state index contributed by atoms with van der Waals surface area (Å²) in [5, 5.41) is 7.76. The Morgan fingerprint density at radius 3 is 2.82 bits per heavy atom. The summed E-state index contributed by atoms with van der Waals surface area (Å²) >= 11 is 5.86. The molecule has 176 valence electrons. The number of nitrogens with two attached hydrogens (primary N) is 1. The number of nitrogens with zero attached hydrogens (tertiary/aromatic N) is 3. The average molecular weight is 483 g/mol. The van der Waals surface area contributed by atoms with E-state index in [9.17, 15) is 9.59 Å². The Labute approximate surface area is 199 Å². The minimum absolute atomic E-state index is 0.0353. The molecule has 4 aromatic rings. The first-order valence-corrected chi connectivity index (χ1v) is 10.8. The van der Waals surface area contributed by atoms with Gasteiger partial charge >= 0.3 is 0 Å². The summed E-state index contributed by atoms with van der Waals surface area (Å²) in [5.41, 5.74) is 7.20. The minimum Gasteiger partial charge on any atom is -0.473 e. The Bertz CT molecular complexity index is 1350. The number of furan rings is 1. The molecule has 1 atom stereocenters. The second kappa shape index (κ2) is 10.4. The molecule has 34 heavy (non-hydrogen) atoms. The van der Waals surface area contributed by atoms with Crippen molar-refractivity contribution in [1.82, 2.24) is 19.9 Å². The molecule has 1 aliphatic heterocycles. The van der Waals surface area contributed by atoms with Crippen molar-refractivity contribution in [2.24, 2.45) is 0 Å². The Kier molecular flexibility index (Phi) is 7.09. The zero-order valence-electron chi connectivity index (χ0n) is 18.3. The zero-order chi connectivity index (χ0) is 24.1. The fraction of sp³-hybridized carbons (Fsp3) is 0.217. The quantitative estimate of drug-likeness (QED) is 0.366. The molecule has 0 bridgehead atoms. The summed E-state index contributed by atoms with van der Waals surface area (Å²) in [6, 6.07) is 10.8. The molecule has 4 heterocycles. The lowest BCUT2D eigenvalue weighted by atomic mass is 10.1. The summed E-state index contributed by atoms with van der Waals surface area (Å²) in [7, 11) is 1.87. The summed E-state index contributed by atoms with van der Waals surface area (Å²) < 4.78 is 12.3.